The van der Waals surface area contributed by atoms with E-state index in [2.05, 4.69) is 5.32 Å². The molecule has 0 saturated carbocycles. The number of amides is 1. The number of benzene rings is 2. The Morgan fingerprint density at radius 1 is 0.962 bits per heavy atom. The van der Waals surface area contributed by atoms with Crippen LogP contribution >= 0.6 is 0 Å². The minimum absolute atomic E-state index is 0.264. The van der Waals surface area contributed by atoms with Crippen molar-refractivity contribution in [3.8, 4) is 0 Å². The molecule has 0 atom stereocenters. The van der Waals surface area contributed by atoms with E-state index in [4.69, 9.17) is 0 Å². The monoisotopic (exact) mass is 376 g/mol. The normalized spacial score (nSPS) is 15.6. The van der Waals surface area contributed by atoms with Crippen LogP contribution in [0.25, 0.3) is 0 Å². The molecule has 0 unspecified atom stereocenters. The largest absolute Gasteiger partial charge is 0.348 e. The maximum atomic E-state index is 12.9. The molecule has 1 N–H and O–H groups in total. The van der Waals surface area contributed by atoms with Gasteiger partial charge < -0.3 is 5.32 Å². The second-order valence-corrected chi connectivity index (χ2v) is 8.24. The summed E-state index contributed by atoms with van der Waals surface area (Å²) in [6, 6.07) is 11.8. The molecule has 1 fully saturated rings. The highest BCUT2D eigenvalue weighted by Gasteiger charge is 2.25. The van der Waals surface area contributed by atoms with Crippen molar-refractivity contribution in [2.24, 2.45) is 0 Å². The van der Waals surface area contributed by atoms with E-state index < -0.39 is 15.8 Å². The second-order valence-electron chi connectivity index (χ2n) is 6.30. The molecule has 0 bridgehead atoms. The van der Waals surface area contributed by atoms with E-state index in [0.29, 0.717) is 18.7 Å². The van der Waals surface area contributed by atoms with Gasteiger partial charge in [-0.2, -0.15) is 4.31 Å². The summed E-state index contributed by atoms with van der Waals surface area (Å²) in [5.41, 5.74) is 1.16. The van der Waals surface area contributed by atoms with Crippen LogP contribution in [0.5, 0.6) is 0 Å². The minimum Gasteiger partial charge on any atom is -0.348 e. The number of rotatable bonds is 5. The summed E-state index contributed by atoms with van der Waals surface area (Å²) in [6.07, 6.45) is 2.86. The van der Waals surface area contributed by atoms with Crippen LogP contribution < -0.4 is 5.32 Å². The number of nitrogens with one attached hydrogen (secondary N) is 1. The zero-order valence-corrected chi connectivity index (χ0v) is 15.1. The summed E-state index contributed by atoms with van der Waals surface area (Å²) < 4.78 is 39.6. The van der Waals surface area contributed by atoms with Crippen molar-refractivity contribution in [3.05, 3.63) is 65.5 Å². The average molecular weight is 376 g/mol. The standard InChI is InChI=1S/C19H21FN2O3S/c20-17-8-6-16(7-9-17)19(23)21-14-15-4-10-18(11-5-15)26(24,25)22-12-2-1-3-13-22/h4-11H,1-3,12-14H2,(H,21,23). The predicted octanol–water partition coefficient (Wildman–Crippen LogP) is 2.93. The first-order valence-electron chi connectivity index (χ1n) is 8.60. The van der Waals surface area contributed by atoms with Gasteiger partial charge in [-0.1, -0.05) is 18.6 Å². The minimum atomic E-state index is -3.45. The van der Waals surface area contributed by atoms with Crippen LogP contribution in [0.1, 0.15) is 35.2 Å². The Morgan fingerprint density at radius 2 is 1.58 bits per heavy atom. The Morgan fingerprint density at radius 3 is 2.19 bits per heavy atom. The van der Waals surface area contributed by atoms with Crippen molar-refractivity contribution in [2.75, 3.05) is 13.1 Å². The lowest BCUT2D eigenvalue weighted by Gasteiger charge is -2.25. The highest BCUT2D eigenvalue weighted by molar-refractivity contribution is 7.89. The zero-order valence-electron chi connectivity index (χ0n) is 14.3. The third kappa shape index (κ3) is 4.28. The second kappa shape index (κ2) is 7.97. The van der Waals surface area contributed by atoms with Gasteiger partial charge in [0.05, 0.1) is 4.90 Å². The molecular weight excluding hydrogens is 355 g/mol. The van der Waals surface area contributed by atoms with E-state index in [-0.39, 0.29) is 17.3 Å². The first-order valence-corrected chi connectivity index (χ1v) is 10.0. The quantitative estimate of drug-likeness (QED) is 0.873. The molecule has 1 saturated heterocycles. The zero-order chi connectivity index (χ0) is 18.6. The van der Waals surface area contributed by atoms with E-state index in [1.807, 2.05) is 0 Å². The number of carbonyl (C=O) groups is 1. The summed E-state index contributed by atoms with van der Waals surface area (Å²) in [5.74, 6) is -0.706. The molecule has 0 aliphatic carbocycles. The molecular formula is C19H21FN2O3S. The molecule has 7 heteroatoms. The topological polar surface area (TPSA) is 66.5 Å². The molecule has 0 radical (unpaired) electrons. The van der Waals surface area contributed by atoms with E-state index >= 15 is 0 Å². The van der Waals surface area contributed by atoms with E-state index in [0.717, 1.165) is 24.8 Å². The Hall–Kier alpha value is -2.25. The molecule has 26 heavy (non-hydrogen) atoms. The van der Waals surface area contributed by atoms with E-state index in [1.165, 1.54) is 28.6 Å². The molecule has 1 amide bonds. The summed E-state index contributed by atoms with van der Waals surface area (Å²) in [6.45, 7) is 1.40. The molecule has 0 aromatic heterocycles. The lowest BCUT2D eigenvalue weighted by molar-refractivity contribution is 0.0951. The van der Waals surface area contributed by atoms with Gasteiger partial charge in [0.15, 0.2) is 0 Å². The van der Waals surface area contributed by atoms with E-state index in [1.54, 1.807) is 24.3 Å². The number of hydrogen-bond donors (Lipinski definition) is 1. The van der Waals surface area contributed by atoms with E-state index in [9.17, 15) is 17.6 Å². The Kier molecular flexibility index (Phi) is 5.68. The molecule has 138 valence electrons. The fraction of sp³-hybridized carbons (Fsp3) is 0.316. The van der Waals surface area contributed by atoms with Crippen molar-refractivity contribution in [2.45, 2.75) is 30.7 Å². The van der Waals surface area contributed by atoms with Crippen molar-refractivity contribution in [3.63, 3.8) is 0 Å². The number of halogens is 1. The first-order chi connectivity index (χ1) is 12.5. The average Bonchev–Trinajstić information content (AvgIpc) is 2.67. The highest BCUT2D eigenvalue weighted by Crippen LogP contribution is 2.20. The predicted molar refractivity (Wildman–Crippen MR) is 96.6 cm³/mol. The van der Waals surface area contributed by atoms with Gasteiger partial charge in [-0.15, -0.1) is 0 Å². The van der Waals surface area contributed by atoms with Crippen molar-refractivity contribution >= 4 is 15.9 Å². The fourth-order valence-electron chi connectivity index (χ4n) is 2.92. The van der Waals surface area contributed by atoms with Gasteiger partial charge >= 0.3 is 0 Å². The summed E-state index contributed by atoms with van der Waals surface area (Å²) in [7, 11) is -3.45. The molecule has 3 rings (SSSR count). The van der Waals surface area contributed by atoms with Gasteiger partial charge in [-0.25, -0.2) is 12.8 Å². The van der Waals surface area contributed by atoms with Crippen LogP contribution in [-0.2, 0) is 16.6 Å². The number of nitrogens with zero attached hydrogens (tertiary/aromatic N) is 1. The van der Waals surface area contributed by atoms with Crippen molar-refractivity contribution < 1.29 is 17.6 Å². The van der Waals surface area contributed by atoms with Crippen LogP contribution in [-0.4, -0.2) is 31.7 Å². The summed E-state index contributed by atoms with van der Waals surface area (Å²) in [4.78, 5) is 12.3. The maximum Gasteiger partial charge on any atom is 0.251 e. The van der Waals surface area contributed by atoms with Gasteiger partial charge in [0.2, 0.25) is 10.0 Å². The SMILES string of the molecule is O=C(NCc1ccc(S(=O)(=O)N2CCCCC2)cc1)c1ccc(F)cc1. The third-order valence-electron chi connectivity index (χ3n) is 4.44. The maximum absolute atomic E-state index is 12.9. The van der Waals surface area contributed by atoms with Crippen LogP contribution in [0.4, 0.5) is 4.39 Å². The van der Waals surface area contributed by atoms with Gasteiger partial charge in [-0.05, 0) is 54.8 Å². The number of hydrogen-bond acceptors (Lipinski definition) is 3. The third-order valence-corrected chi connectivity index (χ3v) is 6.35. The lowest BCUT2D eigenvalue weighted by atomic mass is 10.2. The Bertz CT molecular complexity index is 859. The van der Waals surface area contributed by atoms with Gasteiger partial charge in [-0.3, -0.25) is 4.79 Å². The van der Waals surface area contributed by atoms with Crippen LogP contribution in [0, 0.1) is 5.82 Å². The van der Waals surface area contributed by atoms with Crippen molar-refractivity contribution in [1.82, 2.24) is 9.62 Å². The molecule has 1 aliphatic rings. The molecule has 2 aromatic rings. The number of sulfonamides is 1. The molecule has 2 aromatic carbocycles. The Balaban J connectivity index is 1.62. The molecule has 1 heterocycles. The molecule has 1 aliphatic heterocycles. The molecule has 5 nitrogen and oxygen atoms in total. The Labute approximate surface area is 152 Å². The fourth-order valence-corrected chi connectivity index (χ4v) is 4.44. The van der Waals surface area contributed by atoms with Gasteiger partial charge in [0.1, 0.15) is 5.82 Å². The van der Waals surface area contributed by atoms with Crippen LogP contribution in [0.2, 0.25) is 0 Å². The van der Waals surface area contributed by atoms with Gasteiger partial charge in [0.25, 0.3) is 5.91 Å². The van der Waals surface area contributed by atoms with Crippen LogP contribution in [0.3, 0.4) is 0 Å². The lowest BCUT2D eigenvalue weighted by Crippen LogP contribution is -2.35. The first kappa shape index (κ1) is 18.5. The number of piperidine rings is 1. The molecule has 0 spiro atoms. The van der Waals surface area contributed by atoms with Crippen molar-refractivity contribution in [1.29, 1.82) is 0 Å². The summed E-state index contributed by atoms with van der Waals surface area (Å²) >= 11 is 0. The highest BCUT2D eigenvalue weighted by atomic mass is 32.2. The van der Waals surface area contributed by atoms with Gasteiger partial charge in [0, 0.05) is 25.2 Å². The number of carbonyl (C=O) groups excluding carboxylic acids is 1. The smallest absolute Gasteiger partial charge is 0.251 e. The van der Waals surface area contributed by atoms with Crippen LogP contribution in [0.15, 0.2) is 53.4 Å². The summed E-state index contributed by atoms with van der Waals surface area (Å²) in [5, 5.41) is 2.74.